The number of carbonyl (C=O) groups excluding carboxylic acids is 1. The van der Waals surface area contributed by atoms with Gasteiger partial charge in [0, 0.05) is 49.4 Å². The summed E-state index contributed by atoms with van der Waals surface area (Å²) in [6.45, 7) is 1.74. The number of amides is 1. The van der Waals surface area contributed by atoms with E-state index in [0.29, 0.717) is 42.0 Å². The summed E-state index contributed by atoms with van der Waals surface area (Å²) in [5, 5.41) is 11.3. The van der Waals surface area contributed by atoms with E-state index in [4.69, 9.17) is 11.6 Å². The third kappa shape index (κ3) is 4.76. The predicted molar refractivity (Wildman–Crippen MR) is 112 cm³/mol. The molecule has 0 atom stereocenters. The number of hydrogen-bond donors (Lipinski definition) is 2. The van der Waals surface area contributed by atoms with Gasteiger partial charge in [-0.05, 0) is 36.6 Å². The van der Waals surface area contributed by atoms with Crippen LogP contribution in [0.4, 0.5) is 8.78 Å². The van der Waals surface area contributed by atoms with Crippen LogP contribution in [0.1, 0.15) is 30.3 Å². The Morgan fingerprint density at radius 1 is 1.27 bits per heavy atom. The first-order valence-electron chi connectivity index (χ1n) is 9.78. The van der Waals surface area contributed by atoms with Crippen LogP contribution in [0.25, 0.3) is 22.0 Å². The fourth-order valence-electron chi connectivity index (χ4n) is 3.82. The number of rotatable bonds is 5. The third-order valence-electron chi connectivity index (χ3n) is 5.24. The molecule has 2 aromatic heterocycles. The molecular weight excluding hydrogens is 412 g/mol. The SMILES string of the molecule is CC(F)(F)CN1CCC(NC(=O)c2n[nH]c3ccc(-c4cncc(Cl)c4)cc23)CC1. The molecule has 0 radical (unpaired) electrons. The Morgan fingerprint density at radius 2 is 2.03 bits per heavy atom. The van der Waals surface area contributed by atoms with Gasteiger partial charge in [-0.25, -0.2) is 8.78 Å². The Balaban J connectivity index is 1.47. The van der Waals surface area contributed by atoms with Crippen LogP contribution in [-0.4, -0.2) is 57.6 Å². The second kappa shape index (κ2) is 8.28. The number of benzene rings is 1. The summed E-state index contributed by atoms with van der Waals surface area (Å²) in [7, 11) is 0. The lowest BCUT2D eigenvalue weighted by atomic mass is 10.0. The Labute approximate surface area is 177 Å². The quantitative estimate of drug-likeness (QED) is 0.634. The Kier molecular flexibility index (Phi) is 5.71. The van der Waals surface area contributed by atoms with Crippen molar-refractivity contribution < 1.29 is 13.6 Å². The highest BCUT2D eigenvalue weighted by Gasteiger charge is 2.29. The van der Waals surface area contributed by atoms with Crippen LogP contribution in [0.15, 0.2) is 36.7 Å². The first-order valence-corrected chi connectivity index (χ1v) is 10.2. The van der Waals surface area contributed by atoms with Gasteiger partial charge in [0.1, 0.15) is 0 Å². The number of pyridine rings is 1. The zero-order chi connectivity index (χ0) is 21.3. The molecule has 1 fully saturated rings. The largest absolute Gasteiger partial charge is 0.348 e. The molecule has 4 rings (SSSR count). The van der Waals surface area contributed by atoms with Crippen LogP contribution in [-0.2, 0) is 0 Å². The van der Waals surface area contributed by atoms with E-state index in [1.54, 1.807) is 17.3 Å². The summed E-state index contributed by atoms with van der Waals surface area (Å²) in [4.78, 5) is 18.7. The molecule has 2 N–H and O–H groups in total. The molecule has 0 spiro atoms. The molecule has 0 aliphatic carbocycles. The smallest absolute Gasteiger partial charge is 0.272 e. The van der Waals surface area contributed by atoms with Gasteiger partial charge in [-0.2, -0.15) is 5.10 Å². The number of nitrogens with one attached hydrogen (secondary N) is 2. The van der Waals surface area contributed by atoms with Gasteiger partial charge >= 0.3 is 0 Å². The van der Waals surface area contributed by atoms with Crippen LogP contribution in [0.5, 0.6) is 0 Å². The number of halogens is 3. The Bertz CT molecular complexity index is 1060. The van der Waals surface area contributed by atoms with Gasteiger partial charge in [-0.3, -0.25) is 19.8 Å². The minimum Gasteiger partial charge on any atom is -0.348 e. The molecule has 1 aliphatic rings. The second-order valence-corrected chi connectivity index (χ2v) is 8.25. The van der Waals surface area contributed by atoms with Crippen molar-refractivity contribution in [1.82, 2.24) is 25.4 Å². The summed E-state index contributed by atoms with van der Waals surface area (Å²) in [5.41, 5.74) is 2.78. The predicted octanol–water partition coefficient (Wildman–Crippen LogP) is 4.13. The standard InChI is InChI=1S/C21H22ClF2N5O/c1-21(23,24)12-29-6-4-16(5-7-29)26-20(30)19-17-9-13(2-3-18(17)27-28-19)14-8-15(22)11-25-10-14/h2-3,8-11,16H,4-7,12H2,1H3,(H,26,30)(H,27,28). The molecule has 1 amide bonds. The first-order chi connectivity index (χ1) is 14.3. The van der Waals surface area contributed by atoms with Gasteiger partial charge in [0.25, 0.3) is 11.8 Å². The van der Waals surface area contributed by atoms with Crippen LogP contribution < -0.4 is 5.32 Å². The first kappa shape index (κ1) is 20.7. The van der Waals surface area contributed by atoms with Crippen molar-refractivity contribution in [2.45, 2.75) is 31.7 Å². The van der Waals surface area contributed by atoms with Crippen molar-refractivity contribution in [2.75, 3.05) is 19.6 Å². The molecule has 6 nitrogen and oxygen atoms in total. The fourth-order valence-corrected chi connectivity index (χ4v) is 3.99. The highest BCUT2D eigenvalue weighted by Crippen LogP contribution is 2.27. The highest BCUT2D eigenvalue weighted by atomic mass is 35.5. The zero-order valence-electron chi connectivity index (χ0n) is 16.5. The number of alkyl halides is 2. The number of carbonyl (C=O) groups is 1. The maximum atomic E-state index is 13.2. The average molecular weight is 434 g/mol. The number of hydrogen-bond acceptors (Lipinski definition) is 4. The normalized spacial score (nSPS) is 16.1. The van der Waals surface area contributed by atoms with Gasteiger partial charge in [-0.1, -0.05) is 17.7 Å². The number of likely N-dealkylation sites (tertiary alicyclic amines) is 1. The van der Waals surface area contributed by atoms with E-state index < -0.39 is 5.92 Å². The van der Waals surface area contributed by atoms with Crippen LogP contribution >= 0.6 is 11.6 Å². The minimum absolute atomic E-state index is 0.0636. The monoisotopic (exact) mass is 433 g/mol. The fraction of sp³-hybridized carbons (Fsp3) is 0.381. The van der Waals surface area contributed by atoms with E-state index in [0.717, 1.165) is 23.6 Å². The molecular formula is C21H22ClF2N5O. The van der Waals surface area contributed by atoms with E-state index in [1.807, 2.05) is 24.3 Å². The molecule has 3 heterocycles. The molecule has 0 bridgehead atoms. The molecule has 0 saturated carbocycles. The molecule has 30 heavy (non-hydrogen) atoms. The van der Waals surface area contributed by atoms with Crippen LogP contribution in [0.3, 0.4) is 0 Å². The molecule has 3 aromatic rings. The Morgan fingerprint density at radius 3 is 2.73 bits per heavy atom. The molecule has 1 aliphatic heterocycles. The van der Waals surface area contributed by atoms with E-state index in [9.17, 15) is 13.6 Å². The number of H-pyrrole nitrogens is 1. The van der Waals surface area contributed by atoms with Crippen molar-refractivity contribution in [2.24, 2.45) is 0 Å². The van der Waals surface area contributed by atoms with Crippen LogP contribution in [0.2, 0.25) is 5.02 Å². The maximum Gasteiger partial charge on any atom is 0.272 e. The van der Waals surface area contributed by atoms with Gasteiger partial charge < -0.3 is 5.32 Å². The molecule has 158 valence electrons. The third-order valence-corrected chi connectivity index (χ3v) is 5.45. The number of aromatic nitrogens is 3. The van der Waals surface area contributed by atoms with Gasteiger partial charge in [0.2, 0.25) is 0 Å². The summed E-state index contributed by atoms with van der Waals surface area (Å²) < 4.78 is 26.4. The van der Waals surface area contributed by atoms with E-state index >= 15 is 0 Å². The highest BCUT2D eigenvalue weighted by molar-refractivity contribution is 6.30. The average Bonchev–Trinajstić information content (AvgIpc) is 3.12. The zero-order valence-corrected chi connectivity index (χ0v) is 17.2. The summed E-state index contributed by atoms with van der Waals surface area (Å²) in [5.74, 6) is -2.98. The summed E-state index contributed by atoms with van der Waals surface area (Å²) >= 11 is 6.04. The minimum atomic E-state index is -2.71. The molecule has 1 aromatic carbocycles. The van der Waals surface area contributed by atoms with E-state index in [-0.39, 0.29) is 18.5 Å². The number of piperidine rings is 1. The lowest BCUT2D eigenvalue weighted by Crippen LogP contribution is -2.47. The van der Waals surface area contributed by atoms with Crippen molar-refractivity contribution in [3.8, 4) is 11.1 Å². The molecule has 0 unspecified atom stereocenters. The van der Waals surface area contributed by atoms with Gasteiger partial charge in [0.05, 0.1) is 17.1 Å². The molecule has 1 saturated heterocycles. The van der Waals surface area contributed by atoms with E-state index in [1.165, 1.54) is 0 Å². The topological polar surface area (TPSA) is 73.9 Å². The van der Waals surface area contributed by atoms with Gasteiger partial charge in [-0.15, -0.1) is 0 Å². The van der Waals surface area contributed by atoms with Gasteiger partial charge in [0.15, 0.2) is 5.69 Å². The number of nitrogens with zero attached hydrogens (tertiary/aromatic N) is 3. The number of fused-ring (bicyclic) bond motifs is 1. The lowest BCUT2D eigenvalue weighted by molar-refractivity contribution is -0.0205. The Hall–Kier alpha value is -2.58. The maximum absolute atomic E-state index is 13.2. The lowest BCUT2D eigenvalue weighted by Gasteiger charge is -2.33. The van der Waals surface area contributed by atoms with Crippen molar-refractivity contribution in [1.29, 1.82) is 0 Å². The van der Waals surface area contributed by atoms with E-state index in [2.05, 4.69) is 20.5 Å². The molecule has 9 heteroatoms. The summed E-state index contributed by atoms with van der Waals surface area (Å²) in [6.07, 6.45) is 4.53. The second-order valence-electron chi connectivity index (χ2n) is 7.82. The summed E-state index contributed by atoms with van der Waals surface area (Å²) in [6, 6.07) is 7.40. The van der Waals surface area contributed by atoms with Crippen molar-refractivity contribution in [3.05, 3.63) is 47.4 Å². The number of aromatic amines is 1. The van der Waals surface area contributed by atoms with Crippen molar-refractivity contribution >= 4 is 28.4 Å². The van der Waals surface area contributed by atoms with Crippen LogP contribution in [0, 0.1) is 0 Å². The van der Waals surface area contributed by atoms with Crippen molar-refractivity contribution in [3.63, 3.8) is 0 Å².